The molecule has 146 valence electrons. The Balaban J connectivity index is 1.55. The molecule has 2 heterocycles. The summed E-state index contributed by atoms with van der Waals surface area (Å²) in [5.41, 5.74) is 1.88. The van der Waals surface area contributed by atoms with Gasteiger partial charge in [0.2, 0.25) is 5.88 Å². The Kier molecular flexibility index (Phi) is 5.62. The summed E-state index contributed by atoms with van der Waals surface area (Å²) in [4.78, 5) is 16.5. The average Bonchev–Trinajstić information content (AvgIpc) is 3.08. The molecule has 9 nitrogen and oxygen atoms in total. The van der Waals surface area contributed by atoms with Gasteiger partial charge in [-0.15, -0.1) is 0 Å². The average molecular weight is 376 g/mol. The lowest BCUT2D eigenvalue weighted by atomic mass is 10.1. The Bertz CT molecular complexity index is 789. The topological polar surface area (TPSA) is 130 Å². The Morgan fingerprint density at radius 3 is 2.74 bits per heavy atom. The van der Waals surface area contributed by atoms with E-state index in [1.807, 2.05) is 19.1 Å². The van der Waals surface area contributed by atoms with Crippen molar-refractivity contribution in [3.63, 3.8) is 0 Å². The molecular weight excluding hydrogens is 352 g/mol. The summed E-state index contributed by atoms with van der Waals surface area (Å²) in [6.07, 6.45) is -1.71. The lowest BCUT2D eigenvalue weighted by Crippen LogP contribution is -2.44. The minimum atomic E-state index is -1.08. The van der Waals surface area contributed by atoms with E-state index < -0.39 is 24.3 Å². The Morgan fingerprint density at radius 1 is 1.30 bits per heavy atom. The number of pyridine rings is 1. The number of hydrogen-bond donors (Lipinski definition) is 4. The van der Waals surface area contributed by atoms with Crippen LogP contribution in [0.25, 0.3) is 0 Å². The molecule has 1 fully saturated rings. The van der Waals surface area contributed by atoms with Gasteiger partial charge in [0.1, 0.15) is 17.5 Å². The number of hydrogen-bond acceptors (Lipinski definition) is 7. The first kappa shape index (κ1) is 19.1. The summed E-state index contributed by atoms with van der Waals surface area (Å²) >= 11 is 0. The zero-order chi connectivity index (χ0) is 19.6. The smallest absolute Gasteiger partial charge is 0.319 e. The first-order valence-electron chi connectivity index (χ1n) is 8.78. The van der Waals surface area contributed by atoms with Gasteiger partial charge in [0.05, 0.1) is 18.8 Å². The fourth-order valence-electron chi connectivity index (χ4n) is 3.20. The van der Waals surface area contributed by atoms with Crippen LogP contribution in [0.2, 0.25) is 0 Å². The normalized spacial score (nSPS) is 24.6. The van der Waals surface area contributed by atoms with Crippen LogP contribution in [0.3, 0.4) is 0 Å². The maximum absolute atomic E-state index is 12.2. The molecule has 1 saturated carbocycles. The largest absolute Gasteiger partial charge is 0.477 e. The standard InChI is InChI=1S/C18H24N4O5/c1-9-5-4-6-14(19-9)26-8-12-7-13(17(24)16(12)23)20-18(25)21-15-10(2)22-27-11(15)3/h4-6,12-13,16-17,23-24H,7-8H2,1-3H3,(H2,20,21,25)/t12-,13-,16-,17+/m1/s1. The molecule has 9 heteroatoms. The number of aromatic nitrogens is 2. The third-order valence-electron chi connectivity index (χ3n) is 4.70. The van der Waals surface area contributed by atoms with Crippen molar-refractivity contribution in [2.45, 2.75) is 45.4 Å². The Labute approximate surface area is 156 Å². The minimum Gasteiger partial charge on any atom is -0.477 e. The van der Waals surface area contributed by atoms with Gasteiger partial charge in [-0.2, -0.15) is 0 Å². The van der Waals surface area contributed by atoms with Crippen LogP contribution in [0.1, 0.15) is 23.6 Å². The van der Waals surface area contributed by atoms with E-state index >= 15 is 0 Å². The second-order valence-electron chi connectivity index (χ2n) is 6.81. The van der Waals surface area contributed by atoms with Crippen molar-refractivity contribution >= 4 is 11.7 Å². The van der Waals surface area contributed by atoms with Gasteiger partial charge in [0, 0.05) is 17.7 Å². The predicted molar refractivity (Wildman–Crippen MR) is 96.5 cm³/mol. The second-order valence-corrected chi connectivity index (χ2v) is 6.81. The maximum Gasteiger partial charge on any atom is 0.319 e. The molecule has 1 aliphatic rings. The zero-order valence-electron chi connectivity index (χ0n) is 15.5. The number of nitrogens with one attached hydrogen (secondary N) is 2. The molecule has 4 N–H and O–H groups in total. The number of urea groups is 1. The van der Waals surface area contributed by atoms with Crippen molar-refractivity contribution in [1.29, 1.82) is 0 Å². The van der Waals surface area contributed by atoms with E-state index in [1.165, 1.54) is 0 Å². The number of carbonyl (C=O) groups is 1. The summed E-state index contributed by atoms with van der Waals surface area (Å²) in [6, 6.07) is 4.33. The van der Waals surface area contributed by atoms with E-state index in [4.69, 9.17) is 9.26 Å². The molecule has 0 aliphatic heterocycles. The van der Waals surface area contributed by atoms with Crippen LogP contribution in [-0.2, 0) is 0 Å². The number of rotatable bonds is 5. The lowest BCUT2D eigenvalue weighted by Gasteiger charge is -2.18. The second kappa shape index (κ2) is 7.93. The van der Waals surface area contributed by atoms with E-state index in [9.17, 15) is 15.0 Å². The SMILES string of the molecule is Cc1cccc(OC[C@H]2C[C@@H](NC(=O)Nc3c(C)noc3C)[C@H](O)[C@@H]2O)n1. The van der Waals surface area contributed by atoms with Gasteiger partial charge in [0.25, 0.3) is 0 Å². The number of aliphatic hydroxyl groups is 2. The zero-order valence-corrected chi connectivity index (χ0v) is 15.5. The van der Waals surface area contributed by atoms with Gasteiger partial charge >= 0.3 is 6.03 Å². The fourth-order valence-corrected chi connectivity index (χ4v) is 3.20. The van der Waals surface area contributed by atoms with Crippen LogP contribution in [0.4, 0.5) is 10.5 Å². The molecule has 0 saturated heterocycles. The summed E-state index contributed by atoms with van der Waals surface area (Å²) in [5, 5.41) is 29.6. The molecule has 3 rings (SSSR count). The molecule has 2 aromatic heterocycles. The third-order valence-corrected chi connectivity index (χ3v) is 4.70. The van der Waals surface area contributed by atoms with Gasteiger partial charge in [-0.05, 0) is 33.3 Å². The highest BCUT2D eigenvalue weighted by atomic mass is 16.5. The van der Waals surface area contributed by atoms with Crippen LogP contribution >= 0.6 is 0 Å². The molecule has 0 aromatic carbocycles. The van der Waals surface area contributed by atoms with Gasteiger partial charge in [-0.3, -0.25) is 0 Å². The maximum atomic E-state index is 12.2. The highest BCUT2D eigenvalue weighted by Gasteiger charge is 2.42. The van der Waals surface area contributed by atoms with Gasteiger partial charge in [-0.1, -0.05) is 11.2 Å². The van der Waals surface area contributed by atoms with Crippen LogP contribution in [0.15, 0.2) is 22.7 Å². The molecule has 0 radical (unpaired) electrons. The number of ether oxygens (including phenoxy) is 1. The van der Waals surface area contributed by atoms with Crippen molar-refractivity contribution < 1.29 is 24.3 Å². The summed E-state index contributed by atoms with van der Waals surface area (Å²) in [6.45, 7) is 5.46. The molecule has 2 aromatic rings. The Hall–Kier alpha value is -2.65. The summed E-state index contributed by atoms with van der Waals surface area (Å²) in [7, 11) is 0. The molecular formula is C18H24N4O5. The number of aryl methyl sites for hydroxylation is 3. The van der Waals surface area contributed by atoms with Crippen LogP contribution in [0.5, 0.6) is 5.88 Å². The van der Waals surface area contributed by atoms with Gasteiger partial charge in [0.15, 0.2) is 5.76 Å². The first-order chi connectivity index (χ1) is 12.8. The molecule has 2 amide bonds. The third kappa shape index (κ3) is 4.37. The molecule has 0 spiro atoms. The molecule has 0 bridgehead atoms. The van der Waals surface area contributed by atoms with Crippen molar-refractivity contribution in [1.82, 2.24) is 15.5 Å². The number of amides is 2. The molecule has 0 unspecified atom stereocenters. The molecule has 27 heavy (non-hydrogen) atoms. The quantitative estimate of drug-likeness (QED) is 0.619. The number of carbonyl (C=O) groups excluding carboxylic acids is 1. The molecule has 1 aliphatic carbocycles. The predicted octanol–water partition coefficient (Wildman–Crippen LogP) is 1.31. The van der Waals surface area contributed by atoms with E-state index in [2.05, 4.69) is 20.8 Å². The highest BCUT2D eigenvalue weighted by molar-refractivity contribution is 5.90. The van der Waals surface area contributed by atoms with E-state index in [0.29, 0.717) is 29.4 Å². The lowest BCUT2D eigenvalue weighted by molar-refractivity contribution is 0.00308. The summed E-state index contributed by atoms with van der Waals surface area (Å²) in [5.74, 6) is 0.627. The van der Waals surface area contributed by atoms with E-state index in [0.717, 1.165) is 5.69 Å². The number of anilines is 1. The monoisotopic (exact) mass is 376 g/mol. The van der Waals surface area contributed by atoms with Crippen LogP contribution in [-0.4, -0.2) is 51.2 Å². The highest BCUT2D eigenvalue weighted by Crippen LogP contribution is 2.28. The Morgan fingerprint density at radius 2 is 2.07 bits per heavy atom. The molecule has 4 atom stereocenters. The minimum absolute atomic E-state index is 0.193. The van der Waals surface area contributed by atoms with Crippen LogP contribution < -0.4 is 15.4 Å². The van der Waals surface area contributed by atoms with Gasteiger partial charge < -0.3 is 30.1 Å². The van der Waals surface area contributed by atoms with Crippen molar-refractivity contribution in [2.24, 2.45) is 5.92 Å². The van der Waals surface area contributed by atoms with E-state index in [1.54, 1.807) is 19.9 Å². The number of nitrogens with zero attached hydrogens (tertiary/aromatic N) is 2. The van der Waals surface area contributed by atoms with Crippen molar-refractivity contribution in [3.05, 3.63) is 35.3 Å². The van der Waals surface area contributed by atoms with Crippen LogP contribution in [0, 0.1) is 26.7 Å². The fraction of sp³-hybridized carbons (Fsp3) is 0.500. The van der Waals surface area contributed by atoms with Crippen molar-refractivity contribution in [3.8, 4) is 5.88 Å². The number of aliphatic hydroxyl groups excluding tert-OH is 2. The first-order valence-corrected chi connectivity index (χ1v) is 8.78. The van der Waals surface area contributed by atoms with Gasteiger partial charge in [-0.25, -0.2) is 9.78 Å². The van der Waals surface area contributed by atoms with E-state index in [-0.39, 0.29) is 12.5 Å². The van der Waals surface area contributed by atoms with Crippen molar-refractivity contribution in [2.75, 3.05) is 11.9 Å². The summed E-state index contributed by atoms with van der Waals surface area (Å²) < 4.78 is 10.6.